The monoisotopic (exact) mass is 443 g/mol. The number of anilines is 1. The van der Waals surface area contributed by atoms with Crippen LogP contribution in [0.15, 0.2) is 82.1 Å². The molecule has 4 aromatic rings. The van der Waals surface area contributed by atoms with Crippen LogP contribution < -0.4 is 10.6 Å². The first kappa shape index (κ1) is 20.3. The number of nitrogens with one attached hydrogen (secondary N) is 2. The molecular weight excluding hydrogens is 422 g/mol. The largest absolute Gasteiger partial charge is 0.436 e. The third kappa shape index (κ3) is 4.68. The lowest BCUT2D eigenvalue weighted by atomic mass is 10.2. The molecular formula is C25H21N3O3S. The van der Waals surface area contributed by atoms with Crippen LogP contribution in [0.25, 0.3) is 22.6 Å². The Morgan fingerprint density at radius 2 is 1.72 bits per heavy atom. The summed E-state index contributed by atoms with van der Waals surface area (Å²) in [7, 11) is 0. The van der Waals surface area contributed by atoms with Crippen LogP contribution in [0.5, 0.6) is 0 Å². The Morgan fingerprint density at radius 1 is 0.969 bits per heavy atom. The zero-order chi connectivity index (χ0) is 21.9. The molecule has 0 unspecified atom stereocenters. The van der Waals surface area contributed by atoms with Gasteiger partial charge in [-0.25, -0.2) is 4.98 Å². The number of carbonyl (C=O) groups is 2. The highest BCUT2D eigenvalue weighted by Crippen LogP contribution is 2.27. The zero-order valence-corrected chi connectivity index (χ0v) is 18.0. The van der Waals surface area contributed by atoms with Crippen LogP contribution in [-0.4, -0.2) is 28.6 Å². The van der Waals surface area contributed by atoms with E-state index in [1.807, 2.05) is 66.7 Å². The Balaban J connectivity index is 1.26. The van der Waals surface area contributed by atoms with Crippen molar-refractivity contribution in [2.75, 3.05) is 11.1 Å². The quantitative estimate of drug-likeness (QED) is 0.388. The molecule has 0 bridgehead atoms. The number of aromatic nitrogens is 1. The van der Waals surface area contributed by atoms with Crippen molar-refractivity contribution in [1.29, 1.82) is 0 Å². The lowest BCUT2D eigenvalue weighted by Gasteiger charge is -2.10. The Kier molecular flexibility index (Phi) is 5.64. The third-order valence-electron chi connectivity index (χ3n) is 5.12. The van der Waals surface area contributed by atoms with Crippen LogP contribution in [0.3, 0.4) is 0 Å². The standard InChI is InChI=1S/C25H21N3O3S/c29-23(26-17-13-14-17)15-32-22-8-4-1-5-19(22)24(30)27-18-11-9-16(10-12-18)25-28-20-6-2-3-7-21(20)31-25/h1-12,17H,13-15H2,(H,26,29)(H,27,30). The van der Waals surface area contributed by atoms with Gasteiger partial charge in [-0.05, 0) is 61.4 Å². The molecule has 0 atom stereocenters. The van der Waals surface area contributed by atoms with Crippen molar-refractivity contribution in [1.82, 2.24) is 10.3 Å². The second kappa shape index (κ2) is 8.88. The van der Waals surface area contributed by atoms with Gasteiger partial charge in [-0.2, -0.15) is 0 Å². The molecule has 160 valence electrons. The average Bonchev–Trinajstić information content (AvgIpc) is 3.52. The van der Waals surface area contributed by atoms with Gasteiger partial charge in [-0.3, -0.25) is 9.59 Å². The number of fused-ring (bicyclic) bond motifs is 1. The van der Waals surface area contributed by atoms with Crippen molar-refractivity contribution in [2.45, 2.75) is 23.8 Å². The summed E-state index contributed by atoms with van der Waals surface area (Å²) in [6.45, 7) is 0. The topological polar surface area (TPSA) is 84.2 Å². The number of oxazole rings is 1. The number of rotatable bonds is 7. The lowest BCUT2D eigenvalue weighted by molar-refractivity contribution is -0.118. The molecule has 2 amide bonds. The second-order valence-corrected chi connectivity index (χ2v) is 8.66. The summed E-state index contributed by atoms with van der Waals surface area (Å²) < 4.78 is 5.80. The van der Waals surface area contributed by atoms with E-state index in [1.54, 1.807) is 6.07 Å². The van der Waals surface area contributed by atoms with E-state index in [0.717, 1.165) is 34.4 Å². The fourth-order valence-electron chi connectivity index (χ4n) is 3.31. The molecule has 5 rings (SSSR count). The number of hydrogen-bond donors (Lipinski definition) is 2. The molecule has 0 saturated heterocycles. The van der Waals surface area contributed by atoms with Crippen LogP contribution in [0.4, 0.5) is 5.69 Å². The highest BCUT2D eigenvalue weighted by atomic mass is 32.2. The van der Waals surface area contributed by atoms with Crippen LogP contribution >= 0.6 is 11.8 Å². The van der Waals surface area contributed by atoms with Crippen molar-refractivity contribution < 1.29 is 14.0 Å². The number of thioether (sulfide) groups is 1. The summed E-state index contributed by atoms with van der Waals surface area (Å²) in [6, 6.07) is 22.6. The van der Waals surface area contributed by atoms with Crippen molar-refractivity contribution >= 4 is 40.4 Å². The molecule has 7 heteroatoms. The maximum atomic E-state index is 12.9. The molecule has 1 aromatic heterocycles. The minimum Gasteiger partial charge on any atom is -0.436 e. The van der Waals surface area contributed by atoms with E-state index < -0.39 is 0 Å². The summed E-state index contributed by atoms with van der Waals surface area (Å²) in [5.74, 6) is 0.614. The molecule has 0 spiro atoms. The molecule has 0 aliphatic heterocycles. The fraction of sp³-hybridized carbons (Fsp3) is 0.160. The minimum absolute atomic E-state index is 0.00231. The van der Waals surface area contributed by atoms with Crippen LogP contribution in [0.2, 0.25) is 0 Å². The SMILES string of the molecule is O=C(CSc1ccccc1C(=O)Nc1ccc(-c2nc3ccccc3o2)cc1)NC1CC1. The summed E-state index contributed by atoms with van der Waals surface area (Å²) in [6.07, 6.45) is 2.11. The predicted octanol–water partition coefficient (Wildman–Crippen LogP) is 5.12. The van der Waals surface area contributed by atoms with Gasteiger partial charge in [-0.15, -0.1) is 11.8 Å². The van der Waals surface area contributed by atoms with Crippen molar-refractivity contribution in [3.63, 3.8) is 0 Å². The van der Waals surface area contributed by atoms with Gasteiger partial charge in [0.05, 0.1) is 11.3 Å². The van der Waals surface area contributed by atoms with Gasteiger partial charge in [0.2, 0.25) is 11.8 Å². The summed E-state index contributed by atoms with van der Waals surface area (Å²) in [4.78, 5) is 30.2. The van der Waals surface area contributed by atoms with Crippen molar-refractivity contribution in [3.8, 4) is 11.5 Å². The number of amides is 2. The molecule has 1 heterocycles. The number of nitrogens with zero attached hydrogens (tertiary/aromatic N) is 1. The van der Waals surface area contributed by atoms with Crippen LogP contribution in [0.1, 0.15) is 23.2 Å². The van der Waals surface area contributed by atoms with E-state index in [1.165, 1.54) is 11.8 Å². The first-order valence-corrected chi connectivity index (χ1v) is 11.4. The van der Waals surface area contributed by atoms with Crippen molar-refractivity contribution in [3.05, 3.63) is 78.4 Å². The molecule has 1 aliphatic rings. The Morgan fingerprint density at radius 3 is 2.50 bits per heavy atom. The molecule has 0 radical (unpaired) electrons. The van der Waals surface area contributed by atoms with Crippen molar-refractivity contribution in [2.24, 2.45) is 0 Å². The summed E-state index contributed by atoms with van der Waals surface area (Å²) >= 11 is 1.37. The molecule has 3 aromatic carbocycles. The third-order valence-corrected chi connectivity index (χ3v) is 6.19. The number of hydrogen-bond acceptors (Lipinski definition) is 5. The van der Waals surface area contributed by atoms with E-state index in [9.17, 15) is 9.59 Å². The number of para-hydroxylation sites is 2. The highest BCUT2D eigenvalue weighted by Gasteiger charge is 2.23. The van der Waals surface area contributed by atoms with Gasteiger partial charge in [0.15, 0.2) is 5.58 Å². The van der Waals surface area contributed by atoms with Gasteiger partial charge in [0.25, 0.3) is 5.91 Å². The summed E-state index contributed by atoms with van der Waals surface area (Å²) in [5, 5.41) is 5.90. The fourth-order valence-corrected chi connectivity index (χ4v) is 4.17. The van der Waals surface area contributed by atoms with E-state index in [0.29, 0.717) is 28.9 Å². The van der Waals surface area contributed by atoms with Gasteiger partial charge >= 0.3 is 0 Å². The van der Waals surface area contributed by atoms with E-state index in [-0.39, 0.29) is 11.8 Å². The molecule has 2 N–H and O–H groups in total. The zero-order valence-electron chi connectivity index (χ0n) is 17.2. The second-order valence-electron chi connectivity index (χ2n) is 7.64. The number of benzene rings is 3. The van der Waals surface area contributed by atoms with Crippen LogP contribution in [0, 0.1) is 0 Å². The maximum Gasteiger partial charge on any atom is 0.256 e. The lowest BCUT2D eigenvalue weighted by Crippen LogP contribution is -2.27. The molecule has 1 aliphatic carbocycles. The first-order valence-electron chi connectivity index (χ1n) is 10.4. The Labute approximate surface area is 189 Å². The Hall–Kier alpha value is -3.58. The normalized spacial score (nSPS) is 13.1. The maximum absolute atomic E-state index is 12.9. The van der Waals surface area contributed by atoms with Gasteiger partial charge in [-0.1, -0.05) is 24.3 Å². The average molecular weight is 444 g/mol. The molecule has 1 fully saturated rings. The first-order chi connectivity index (χ1) is 15.7. The summed E-state index contributed by atoms with van der Waals surface area (Å²) in [5.41, 5.74) is 3.58. The van der Waals surface area contributed by atoms with Gasteiger partial charge in [0, 0.05) is 22.2 Å². The highest BCUT2D eigenvalue weighted by molar-refractivity contribution is 8.00. The minimum atomic E-state index is -0.217. The van der Waals surface area contributed by atoms with E-state index >= 15 is 0 Å². The molecule has 1 saturated carbocycles. The van der Waals surface area contributed by atoms with Gasteiger partial charge in [0.1, 0.15) is 5.52 Å². The van der Waals surface area contributed by atoms with E-state index in [4.69, 9.17) is 4.42 Å². The predicted molar refractivity (Wildman–Crippen MR) is 126 cm³/mol. The Bertz CT molecular complexity index is 1250. The number of carbonyl (C=O) groups excluding carboxylic acids is 2. The van der Waals surface area contributed by atoms with Gasteiger partial charge < -0.3 is 15.1 Å². The van der Waals surface area contributed by atoms with E-state index in [2.05, 4.69) is 15.6 Å². The van der Waals surface area contributed by atoms with Crippen LogP contribution in [-0.2, 0) is 4.79 Å². The molecule has 6 nitrogen and oxygen atoms in total. The smallest absolute Gasteiger partial charge is 0.256 e. The molecule has 32 heavy (non-hydrogen) atoms.